The molecule has 1 saturated carbocycles. The van der Waals surface area contributed by atoms with Crippen LogP contribution in [-0.2, 0) is 14.6 Å². The third-order valence-corrected chi connectivity index (χ3v) is 9.47. The van der Waals surface area contributed by atoms with E-state index in [0.29, 0.717) is 24.0 Å². The monoisotopic (exact) mass is 734 g/mol. The number of sulfone groups is 1. The summed E-state index contributed by atoms with van der Waals surface area (Å²) in [4.78, 5) is 14.9. The second-order valence-corrected chi connectivity index (χ2v) is 14.7. The number of aliphatic imine (C=N–C) groups is 1. The van der Waals surface area contributed by atoms with E-state index in [9.17, 15) is 8.42 Å². The minimum absolute atomic E-state index is 0.0592. The van der Waals surface area contributed by atoms with E-state index in [-0.39, 0.29) is 43.3 Å². The number of nitrogens with two attached hydrogens (primary N) is 1. The SMILES string of the molecule is C/C=C/C(Nc1ncc(Cl)c(NC(C=NC)=C(N)S(=O)(=O)CC(C)I)n1)=C(\C=C\C1CCCN(CNO)C1)OC1CC1. The van der Waals surface area contributed by atoms with E-state index in [0.717, 1.165) is 38.8 Å². The maximum Gasteiger partial charge on any atom is 0.229 e. The molecule has 2 heterocycles. The Morgan fingerprint density at radius 1 is 1.33 bits per heavy atom. The first-order valence-corrected chi connectivity index (χ1v) is 17.0. The van der Waals surface area contributed by atoms with Crippen LogP contribution >= 0.6 is 34.2 Å². The van der Waals surface area contributed by atoms with Gasteiger partial charge in [-0.25, -0.2) is 13.4 Å². The lowest BCUT2D eigenvalue weighted by molar-refractivity contribution is 0.0784. The number of nitrogens with one attached hydrogen (secondary N) is 3. The second-order valence-electron chi connectivity index (χ2n) is 10.1. The number of hydrogen-bond acceptors (Lipinski definition) is 12. The van der Waals surface area contributed by atoms with Crippen molar-refractivity contribution in [3.8, 4) is 0 Å². The van der Waals surface area contributed by atoms with Gasteiger partial charge in [0.1, 0.15) is 10.8 Å². The van der Waals surface area contributed by atoms with Crippen LogP contribution in [-0.4, -0.2) is 77.3 Å². The molecule has 2 atom stereocenters. The molecular weight excluding hydrogens is 695 g/mol. The van der Waals surface area contributed by atoms with E-state index in [1.165, 1.54) is 19.5 Å². The van der Waals surface area contributed by atoms with Crippen LogP contribution in [0.25, 0.3) is 0 Å². The smallest absolute Gasteiger partial charge is 0.229 e. The third kappa shape index (κ3) is 10.8. The van der Waals surface area contributed by atoms with Crippen molar-refractivity contribution in [3.63, 3.8) is 0 Å². The van der Waals surface area contributed by atoms with Crippen molar-refractivity contribution in [1.29, 1.82) is 0 Å². The summed E-state index contributed by atoms with van der Waals surface area (Å²) >= 11 is 8.43. The van der Waals surface area contributed by atoms with Crippen molar-refractivity contribution in [2.45, 2.75) is 49.6 Å². The predicted molar refractivity (Wildman–Crippen MR) is 176 cm³/mol. The largest absolute Gasteiger partial charge is 0.488 e. The fourth-order valence-corrected chi connectivity index (χ4v) is 7.02. The summed E-state index contributed by atoms with van der Waals surface area (Å²) in [6, 6.07) is 0. The lowest BCUT2D eigenvalue weighted by Crippen LogP contribution is -2.39. The molecule has 0 aromatic carbocycles. The van der Waals surface area contributed by atoms with Gasteiger partial charge in [-0.15, -0.1) is 0 Å². The van der Waals surface area contributed by atoms with E-state index in [1.54, 1.807) is 6.92 Å². The minimum atomic E-state index is -3.76. The van der Waals surface area contributed by atoms with Crippen LogP contribution < -0.4 is 21.8 Å². The van der Waals surface area contributed by atoms with Gasteiger partial charge in [-0.1, -0.05) is 53.3 Å². The molecule has 2 aliphatic rings. The Morgan fingerprint density at radius 2 is 2.10 bits per heavy atom. The van der Waals surface area contributed by atoms with E-state index >= 15 is 0 Å². The third-order valence-electron chi connectivity index (χ3n) is 6.32. The van der Waals surface area contributed by atoms with Crippen LogP contribution in [0.4, 0.5) is 11.8 Å². The van der Waals surface area contributed by atoms with Crippen LogP contribution in [0.5, 0.6) is 0 Å². The highest BCUT2D eigenvalue weighted by molar-refractivity contribution is 14.1. The zero-order chi connectivity index (χ0) is 30.7. The Bertz CT molecular complexity index is 1330. The number of piperidine rings is 1. The van der Waals surface area contributed by atoms with Gasteiger partial charge in [0, 0.05) is 23.7 Å². The average Bonchev–Trinajstić information content (AvgIpc) is 3.76. The van der Waals surface area contributed by atoms with Crippen LogP contribution in [0, 0.1) is 5.92 Å². The molecule has 15 heteroatoms. The number of allylic oxidation sites excluding steroid dienone is 4. The summed E-state index contributed by atoms with van der Waals surface area (Å²) < 4.78 is 31.7. The van der Waals surface area contributed by atoms with Crippen LogP contribution in [0.1, 0.15) is 39.5 Å². The number of halogens is 2. The molecule has 6 N–H and O–H groups in total. The normalized spacial score (nSPS) is 20.6. The molecule has 42 heavy (non-hydrogen) atoms. The van der Waals surface area contributed by atoms with Crippen molar-refractivity contribution in [3.05, 3.63) is 57.7 Å². The first kappa shape index (κ1) is 34.3. The number of nitrogens with zero attached hydrogens (tertiary/aromatic N) is 4. The topological polar surface area (TPSA) is 167 Å². The summed E-state index contributed by atoms with van der Waals surface area (Å²) in [5, 5.41) is 15.1. The first-order valence-electron chi connectivity index (χ1n) is 13.7. The molecule has 0 spiro atoms. The van der Waals surface area contributed by atoms with Gasteiger partial charge in [0.25, 0.3) is 0 Å². The fourth-order valence-electron chi connectivity index (χ4n) is 4.23. The Morgan fingerprint density at radius 3 is 2.74 bits per heavy atom. The van der Waals surface area contributed by atoms with Gasteiger partial charge >= 0.3 is 0 Å². The second kappa shape index (κ2) is 16.6. The molecule has 1 aliphatic carbocycles. The molecule has 1 saturated heterocycles. The molecular formula is C27H40ClIN8O4S. The summed E-state index contributed by atoms with van der Waals surface area (Å²) in [6.45, 7) is 5.88. The number of ether oxygens (including phenoxy) is 1. The lowest BCUT2D eigenvalue weighted by atomic mass is 9.97. The Balaban J connectivity index is 1.91. The Hall–Kier alpha value is -2.24. The standard InChI is InChI=1S/C27H40ClIN8O4S/c1-4-6-22(24(41-20-9-10-20)11-8-19-7-5-12-37(15-19)17-33-38)35-27-32-13-21(28)26(36-27)34-23(14-31-3)25(30)42(39,40)16-18(2)29/h4,6,8,11,13-14,18-20,33,38H,5,7,9-10,12,15-17,30H2,1-3H3,(H2,32,34,35,36)/b6-4+,11-8+,24-22-,25-23?,31-14?. The number of aromatic nitrogens is 2. The first-order chi connectivity index (χ1) is 20.1. The van der Waals surface area contributed by atoms with Crippen molar-refractivity contribution >= 4 is 62.0 Å². The van der Waals surface area contributed by atoms with Gasteiger partial charge in [-0.05, 0) is 57.2 Å². The Kier molecular flexibility index (Phi) is 13.5. The summed E-state index contributed by atoms with van der Waals surface area (Å²) in [5.41, 5.74) is 9.03. The average molecular weight is 735 g/mol. The Labute approximate surface area is 266 Å². The molecule has 0 radical (unpaired) electrons. The van der Waals surface area contributed by atoms with Gasteiger partial charge < -0.3 is 26.3 Å². The summed E-state index contributed by atoms with van der Waals surface area (Å²) in [7, 11) is -2.25. The quantitative estimate of drug-likeness (QED) is 0.0438. The minimum Gasteiger partial charge on any atom is -0.488 e. The molecule has 0 bridgehead atoms. The molecule has 1 aliphatic heterocycles. The number of anilines is 2. The van der Waals surface area contributed by atoms with Gasteiger partial charge in [0.2, 0.25) is 5.95 Å². The number of rotatable bonds is 15. The zero-order valence-electron chi connectivity index (χ0n) is 24.1. The fraction of sp³-hybridized carbons (Fsp3) is 0.519. The molecule has 12 nitrogen and oxygen atoms in total. The molecule has 2 unspecified atom stereocenters. The molecule has 2 fully saturated rings. The van der Waals surface area contributed by atoms with E-state index < -0.39 is 9.84 Å². The van der Waals surface area contributed by atoms with Crippen molar-refractivity contribution in [1.82, 2.24) is 20.3 Å². The highest BCUT2D eigenvalue weighted by Crippen LogP contribution is 2.30. The summed E-state index contributed by atoms with van der Waals surface area (Å²) in [6.07, 6.45) is 14.8. The highest BCUT2D eigenvalue weighted by atomic mass is 127. The van der Waals surface area contributed by atoms with Crippen molar-refractivity contribution in [2.24, 2.45) is 16.6 Å². The van der Waals surface area contributed by atoms with Crippen molar-refractivity contribution < 1.29 is 18.4 Å². The molecule has 232 valence electrons. The van der Waals surface area contributed by atoms with Gasteiger partial charge in [0.05, 0.1) is 36.1 Å². The number of hydroxylamine groups is 1. The van der Waals surface area contributed by atoms with E-state index in [1.807, 2.05) is 47.7 Å². The number of likely N-dealkylation sites (tertiary alicyclic amines) is 1. The van der Waals surface area contributed by atoms with Crippen molar-refractivity contribution in [2.75, 3.05) is 43.2 Å². The number of alkyl halides is 1. The zero-order valence-corrected chi connectivity index (χ0v) is 27.8. The van der Waals surface area contributed by atoms with E-state index in [2.05, 4.69) is 42.0 Å². The molecule has 1 aromatic rings. The van der Waals surface area contributed by atoms with E-state index in [4.69, 9.17) is 27.3 Å². The maximum absolute atomic E-state index is 12.8. The van der Waals surface area contributed by atoms with Gasteiger partial charge in [-0.2, -0.15) is 10.5 Å². The van der Waals surface area contributed by atoms with Crippen LogP contribution in [0.3, 0.4) is 0 Å². The predicted octanol–water partition coefficient (Wildman–Crippen LogP) is 4.19. The van der Waals surface area contributed by atoms with Crippen LogP contribution in [0.15, 0.2) is 57.7 Å². The van der Waals surface area contributed by atoms with Gasteiger partial charge in [-0.3, -0.25) is 9.89 Å². The van der Waals surface area contributed by atoms with Crippen LogP contribution in [0.2, 0.25) is 5.02 Å². The lowest BCUT2D eigenvalue weighted by Gasteiger charge is -2.30. The molecule has 0 amide bonds. The maximum atomic E-state index is 12.8. The van der Waals surface area contributed by atoms with Gasteiger partial charge in [0.15, 0.2) is 20.7 Å². The number of hydrogen-bond donors (Lipinski definition) is 5. The molecule has 1 aromatic heterocycles. The summed E-state index contributed by atoms with van der Waals surface area (Å²) in [5.74, 6) is 1.21. The molecule has 3 rings (SSSR count). The highest BCUT2D eigenvalue weighted by Gasteiger charge is 2.26.